The summed E-state index contributed by atoms with van der Waals surface area (Å²) in [6, 6.07) is 10.3. The first-order valence-corrected chi connectivity index (χ1v) is 9.59. The first-order chi connectivity index (χ1) is 10.0. The lowest BCUT2D eigenvalue weighted by molar-refractivity contribution is 0.330. The van der Waals surface area contributed by atoms with Crippen LogP contribution in [0.4, 0.5) is 0 Å². The number of hydrogen-bond donors (Lipinski definition) is 1. The Kier molecular flexibility index (Phi) is 5.44. The van der Waals surface area contributed by atoms with Crippen LogP contribution < -0.4 is 5.73 Å². The van der Waals surface area contributed by atoms with E-state index in [0.29, 0.717) is 18.9 Å². The molecule has 0 saturated heterocycles. The average molecular weight is 309 g/mol. The Balaban J connectivity index is 2.25. The number of nitrogens with two attached hydrogens (primary N) is 1. The van der Waals surface area contributed by atoms with Crippen LogP contribution in [0.5, 0.6) is 0 Å². The number of sulfone groups is 1. The van der Waals surface area contributed by atoms with Gasteiger partial charge in [0.1, 0.15) is 0 Å². The monoisotopic (exact) mass is 309 g/mol. The maximum absolute atomic E-state index is 12.8. The van der Waals surface area contributed by atoms with Crippen LogP contribution >= 0.6 is 0 Å². The van der Waals surface area contributed by atoms with E-state index in [1.54, 1.807) is 0 Å². The lowest BCUT2D eigenvalue weighted by Crippen LogP contribution is -2.42. The van der Waals surface area contributed by atoms with E-state index in [2.05, 4.69) is 12.1 Å². The van der Waals surface area contributed by atoms with Crippen molar-refractivity contribution in [2.24, 2.45) is 11.7 Å². The van der Waals surface area contributed by atoms with Crippen molar-refractivity contribution in [3.63, 3.8) is 0 Å². The Morgan fingerprint density at radius 3 is 2.48 bits per heavy atom. The first-order valence-electron chi connectivity index (χ1n) is 7.98. The molecule has 1 aromatic carbocycles. The summed E-state index contributed by atoms with van der Waals surface area (Å²) in [5.41, 5.74) is 7.11. The largest absolute Gasteiger partial charge is 0.330 e. The summed E-state index contributed by atoms with van der Waals surface area (Å²) < 4.78 is 25.6. The first kappa shape index (κ1) is 16.5. The van der Waals surface area contributed by atoms with Crippen LogP contribution in [0, 0.1) is 5.92 Å². The van der Waals surface area contributed by atoms with E-state index in [9.17, 15) is 8.42 Å². The third-order valence-electron chi connectivity index (χ3n) is 5.06. The summed E-state index contributed by atoms with van der Waals surface area (Å²) in [7, 11) is -3.09. The minimum absolute atomic E-state index is 0.115. The molecule has 4 heteroatoms. The van der Waals surface area contributed by atoms with Crippen molar-refractivity contribution in [2.45, 2.75) is 55.9 Å². The van der Waals surface area contributed by atoms with E-state index in [1.165, 1.54) is 5.56 Å². The third-order valence-corrected chi connectivity index (χ3v) is 7.94. The topological polar surface area (TPSA) is 60.2 Å². The van der Waals surface area contributed by atoms with Crippen molar-refractivity contribution in [3.05, 3.63) is 35.9 Å². The van der Waals surface area contributed by atoms with Crippen LogP contribution in [0.1, 0.15) is 51.0 Å². The summed E-state index contributed by atoms with van der Waals surface area (Å²) in [6.45, 7) is 4.24. The molecule has 0 spiro atoms. The predicted octanol–water partition coefficient (Wildman–Crippen LogP) is 3.11. The van der Waals surface area contributed by atoms with E-state index < -0.39 is 9.84 Å². The second-order valence-corrected chi connectivity index (χ2v) is 8.85. The molecule has 0 heterocycles. The molecule has 1 saturated carbocycles. The molecule has 21 heavy (non-hydrogen) atoms. The van der Waals surface area contributed by atoms with Gasteiger partial charge in [0.25, 0.3) is 0 Å². The van der Waals surface area contributed by atoms with Gasteiger partial charge in [-0.2, -0.15) is 0 Å². The standard InChI is InChI=1S/C17H27NO2S/c1-3-13(2)21(19,20)17-11-15(9-10-16(17)12-18)14-7-5-4-6-8-14/h4-8,13,15-17H,3,9-12,18H2,1-2H3. The number of hydrogen-bond acceptors (Lipinski definition) is 3. The molecule has 3 nitrogen and oxygen atoms in total. The zero-order valence-electron chi connectivity index (χ0n) is 13.0. The molecule has 2 rings (SSSR count). The third kappa shape index (κ3) is 3.49. The van der Waals surface area contributed by atoms with Crippen LogP contribution in [0.2, 0.25) is 0 Å². The molecule has 1 aliphatic rings. The van der Waals surface area contributed by atoms with Crippen LogP contribution in [-0.2, 0) is 9.84 Å². The average Bonchev–Trinajstić information content (AvgIpc) is 2.54. The van der Waals surface area contributed by atoms with Crippen molar-refractivity contribution in [2.75, 3.05) is 6.54 Å². The van der Waals surface area contributed by atoms with Crippen molar-refractivity contribution in [1.29, 1.82) is 0 Å². The molecule has 118 valence electrons. The molecular weight excluding hydrogens is 282 g/mol. The highest BCUT2D eigenvalue weighted by Gasteiger charge is 2.40. The summed E-state index contributed by atoms with van der Waals surface area (Å²) in [5.74, 6) is 0.460. The van der Waals surface area contributed by atoms with Gasteiger partial charge in [0.05, 0.1) is 10.5 Å². The Morgan fingerprint density at radius 1 is 1.24 bits per heavy atom. The molecule has 1 aromatic rings. The molecule has 4 atom stereocenters. The zero-order chi connectivity index (χ0) is 15.5. The summed E-state index contributed by atoms with van der Waals surface area (Å²) >= 11 is 0. The summed E-state index contributed by atoms with van der Waals surface area (Å²) in [4.78, 5) is 0. The van der Waals surface area contributed by atoms with Gasteiger partial charge in [-0.1, -0.05) is 37.3 Å². The molecule has 2 N–H and O–H groups in total. The van der Waals surface area contributed by atoms with E-state index >= 15 is 0 Å². The van der Waals surface area contributed by atoms with Gasteiger partial charge >= 0.3 is 0 Å². The van der Waals surface area contributed by atoms with Crippen molar-refractivity contribution >= 4 is 9.84 Å². The maximum atomic E-state index is 12.8. The lowest BCUT2D eigenvalue weighted by Gasteiger charge is -2.36. The normalized spacial score (nSPS) is 28.2. The van der Waals surface area contributed by atoms with E-state index in [-0.39, 0.29) is 16.4 Å². The Bertz CT molecular complexity index is 541. The summed E-state index contributed by atoms with van der Waals surface area (Å²) in [5, 5.41) is -0.553. The highest BCUT2D eigenvalue weighted by Crippen LogP contribution is 2.40. The predicted molar refractivity (Wildman–Crippen MR) is 88.0 cm³/mol. The van der Waals surface area contributed by atoms with Gasteiger partial charge in [0.15, 0.2) is 9.84 Å². The van der Waals surface area contributed by atoms with Crippen molar-refractivity contribution in [1.82, 2.24) is 0 Å². The molecule has 0 bridgehead atoms. The molecule has 0 amide bonds. The fraction of sp³-hybridized carbons (Fsp3) is 0.647. The van der Waals surface area contributed by atoms with Gasteiger partial charge in [-0.05, 0) is 56.6 Å². The minimum Gasteiger partial charge on any atom is -0.330 e. The van der Waals surface area contributed by atoms with E-state index in [4.69, 9.17) is 5.73 Å². The minimum atomic E-state index is -3.09. The fourth-order valence-electron chi connectivity index (χ4n) is 3.42. The number of benzene rings is 1. The van der Waals surface area contributed by atoms with Crippen molar-refractivity contribution < 1.29 is 8.42 Å². The van der Waals surface area contributed by atoms with Crippen LogP contribution in [-0.4, -0.2) is 25.5 Å². The van der Waals surface area contributed by atoms with Crippen LogP contribution in [0.3, 0.4) is 0 Å². The van der Waals surface area contributed by atoms with Crippen molar-refractivity contribution in [3.8, 4) is 0 Å². The van der Waals surface area contributed by atoms with E-state index in [1.807, 2.05) is 32.0 Å². The zero-order valence-corrected chi connectivity index (χ0v) is 13.9. The second-order valence-electron chi connectivity index (χ2n) is 6.26. The Hall–Kier alpha value is -0.870. The molecule has 0 aliphatic heterocycles. The fourth-order valence-corrected chi connectivity index (χ4v) is 5.77. The molecule has 1 fully saturated rings. The lowest BCUT2D eigenvalue weighted by atomic mass is 9.78. The number of rotatable bonds is 5. The van der Waals surface area contributed by atoms with Gasteiger partial charge in [-0.25, -0.2) is 8.42 Å². The molecule has 0 aromatic heterocycles. The molecule has 0 radical (unpaired) electrons. The second kappa shape index (κ2) is 6.93. The van der Waals surface area contributed by atoms with Gasteiger partial charge in [0.2, 0.25) is 0 Å². The Labute approximate surface area is 128 Å². The molecule has 4 unspecified atom stereocenters. The van der Waals surface area contributed by atoms with Crippen LogP contribution in [0.25, 0.3) is 0 Å². The highest BCUT2D eigenvalue weighted by atomic mass is 32.2. The Morgan fingerprint density at radius 2 is 1.90 bits per heavy atom. The highest BCUT2D eigenvalue weighted by molar-refractivity contribution is 7.92. The van der Waals surface area contributed by atoms with Gasteiger partial charge < -0.3 is 5.73 Å². The smallest absolute Gasteiger partial charge is 0.156 e. The molecular formula is C17H27NO2S. The maximum Gasteiger partial charge on any atom is 0.156 e. The van der Waals surface area contributed by atoms with Gasteiger partial charge in [-0.3, -0.25) is 0 Å². The SMILES string of the molecule is CCC(C)S(=O)(=O)C1CC(c2ccccc2)CCC1CN. The quantitative estimate of drug-likeness (QED) is 0.909. The van der Waals surface area contributed by atoms with E-state index in [0.717, 1.165) is 19.3 Å². The molecule has 1 aliphatic carbocycles. The van der Waals surface area contributed by atoms with Gasteiger partial charge in [-0.15, -0.1) is 0 Å². The summed E-state index contributed by atoms with van der Waals surface area (Å²) in [6.07, 6.45) is 3.35. The van der Waals surface area contributed by atoms with Gasteiger partial charge in [0, 0.05) is 0 Å². The van der Waals surface area contributed by atoms with Crippen LogP contribution in [0.15, 0.2) is 30.3 Å².